The highest BCUT2D eigenvalue weighted by Crippen LogP contribution is 2.25. The molecule has 2 atom stereocenters. The summed E-state index contributed by atoms with van der Waals surface area (Å²) in [4.78, 5) is 30.9. The normalized spacial score (nSPS) is 20.5. The van der Waals surface area contributed by atoms with E-state index in [1.807, 2.05) is 39.8 Å². The van der Waals surface area contributed by atoms with Crippen LogP contribution < -0.4 is 5.32 Å². The molecule has 0 bridgehead atoms. The van der Waals surface area contributed by atoms with E-state index in [2.05, 4.69) is 27.2 Å². The van der Waals surface area contributed by atoms with E-state index in [1.165, 1.54) is 0 Å². The molecule has 27 heavy (non-hydrogen) atoms. The van der Waals surface area contributed by atoms with Crippen LogP contribution in [0.25, 0.3) is 11.4 Å². The van der Waals surface area contributed by atoms with Crippen LogP contribution in [0.1, 0.15) is 33.4 Å². The molecule has 1 fully saturated rings. The van der Waals surface area contributed by atoms with Gasteiger partial charge in [-0.15, -0.1) is 5.06 Å². The lowest BCUT2D eigenvalue weighted by Gasteiger charge is -2.22. The van der Waals surface area contributed by atoms with Crippen LogP contribution in [0.2, 0.25) is 0 Å². The molecular weight excluding hydrogens is 342 g/mol. The van der Waals surface area contributed by atoms with Crippen LogP contribution in [-0.2, 0) is 9.63 Å². The summed E-state index contributed by atoms with van der Waals surface area (Å²) in [7, 11) is 0. The number of hydrogen-bond donors (Lipinski definition) is 1. The van der Waals surface area contributed by atoms with Crippen LogP contribution >= 0.6 is 0 Å². The summed E-state index contributed by atoms with van der Waals surface area (Å²) in [6, 6.07) is 5.87. The largest absolute Gasteiger partial charge is 0.367 e. The molecule has 0 spiro atoms. The molecule has 3 heterocycles. The van der Waals surface area contributed by atoms with Crippen molar-refractivity contribution in [2.24, 2.45) is 11.3 Å². The Bertz CT molecular complexity index is 804. The van der Waals surface area contributed by atoms with Gasteiger partial charge in [0.1, 0.15) is 5.82 Å². The molecule has 1 aliphatic rings. The molecule has 7 nitrogen and oxygen atoms in total. The van der Waals surface area contributed by atoms with Crippen LogP contribution in [-0.4, -0.2) is 45.1 Å². The molecular formula is C20H27N5O2. The van der Waals surface area contributed by atoms with Gasteiger partial charge in [-0.2, -0.15) is 0 Å². The van der Waals surface area contributed by atoms with Gasteiger partial charge in [-0.25, -0.2) is 19.7 Å². The van der Waals surface area contributed by atoms with E-state index >= 15 is 0 Å². The third kappa shape index (κ3) is 4.60. The highest BCUT2D eigenvalue weighted by Gasteiger charge is 2.34. The maximum atomic E-state index is 12.1. The minimum Gasteiger partial charge on any atom is -0.367 e. The first-order valence-corrected chi connectivity index (χ1v) is 9.23. The van der Waals surface area contributed by atoms with E-state index in [9.17, 15) is 4.79 Å². The van der Waals surface area contributed by atoms with Crippen molar-refractivity contribution in [3.05, 3.63) is 36.3 Å². The minimum atomic E-state index is -0.511. The number of rotatable bonds is 4. The fourth-order valence-electron chi connectivity index (χ4n) is 2.94. The molecule has 3 rings (SSSR count). The Labute approximate surface area is 160 Å². The van der Waals surface area contributed by atoms with Gasteiger partial charge in [-0.1, -0.05) is 6.92 Å². The third-order valence-corrected chi connectivity index (χ3v) is 4.63. The summed E-state index contributed by atoms with van der Waals surface area (Å²) in [5.41, 5.74) is 1.28. The number of nitrogens with zero attached hydrogens (tertiary/aromatic N) is 4. The highest BCUT2D eigenvalue weighted by atomic mass is 16.7. The first kappa shape index (κ1) is 19.2. The molecule has 0 unspecified atom stereocenters. The second-order valence-corrected chi connectivity index (χ2v) is 8.11. The van der Waals surface area contributed by atoms with E-state index in [0.29, 0.717) is 24.8 Å². The van der Waals surface area contributed by atoms with E-state index in [4.69, 9.17) is 4.84 Å². The first-order valence-electron chi connectivity index (χ1n) is 9.23. The predicted molar refractivity (Wildman–Crippen MR) is 104 cm³/mol. The summed E-state index contributed by atoms with van der Waals surface area (Å²) in [5.74, 6) is 1.59. The monoisotopic (exact) mass is 369 g/mol. The standard InChI is InChI=1S/C20H27N5O2/c1-13-11-25(27-19(26)20(3,4)5)12-16(13)24-17-8-7-15(14(2)23-17)18-21-9-6-10-22-18/h6-10,13,16H,11-12H2,1-5H3,(H,23,24)/t13-,16+/m0/s1. The SMILES string of the molecule is Cc1nc(N[C@@H]2CN(OC(=O)C(C)(C)C)C[C@@H]2C)ccc1-c1ncccn1. The zero-order chi connectivity index (χ0) is 19.6. The van der Waals surface area contributed by atoms with Gasteiger partial charge in [-0.3, -0.25) is 0 Å². The van der Waals surface area contributed by atoms with Crippen molar-refractivity contribution in [3.63, 3.8) is 0 Å². The molecule has 0 aromatic carbocycles. The van der Waals surface area contributed by atoms with Crippen LogP contribution in [0.3, 0.4) is 0 Å². The van der Waals surface area contributed by atoms with Crippen molar-refractivity contribution >= 4 is 11.8 Å². The van der Waals surface area contributed by atoms with Gasteiger partial charge < -0.3 is 10.2 Å². The lowest BCUT2D eigenvalue weighted by molar-refractivity contribution is -0.195. The zero-order valence-corrected chi connectivity index (χ0v) is 16.6. The summed E-state index contributed by atoms with van der Waals surface area (Å²) in [6.07, 6.45) is 3.45. The van der Waals surface area contributed by atoms with E-state index in [-0.39, 0.29) is 12.0 Å². The molecule has 1 N–H and O–H groups in total. The average molecular weight is 369 g/mol. The summed E-state index contributed by atoms with van der Waals surface area (Å²) >= 11 is 0. The van der Waals surface area contributed by atoms with E-state index in [1.54, 1.807) is 23.5 Å². The van der Waals surface area contributed by atoms with Gasteiger partial charge in [0.15, 0.2) is 5.82 Å². The van der Waals surface area contributed by atoms with Crippen molar-refractivity contribution in [1.29, 1.82) is 0 Å². The summed E-state index contributed by atoms with van der Waals surface area (Å²) in [5, 5.41) is 5.21. The Hall–Kier alpha value is -2.54. The first-order chi connectivity index (χ1) is 12.7. The number of carbonyl (C=O) groups excluding carboxylic acids is 1. The number of carbonyl (C=O) groups is 1. The van der Waals surface area contributed by atoms with Crippen molar-refractivity contribution in [2.45, 2.75) is 40.7 Å². The molecule has 2 aromatic rings. The molecule has 2 aromatic heterocycles. The molecule has 7 heteroatoms. The number of anilines is 1. The molecule has 1 saturated heterocycles. The second kappa shape index (κ2) is 7.60. The second-order valence-electron chi connectivity index (χ2n) is 8.11. The smallest absolute Gasteiger partial charge is 0.330 e. The van der Waals surface area contributed by atoms with Crippen molar-refractivity contribution < 1.29 is 9.63 Å². The Morgan fingerprint density at radius 3 is 2.56 bits per heavy atom. The Kier molecular flexibility index (Phi) is 5.41. The zero-order valence-electron chi connectivity index (χ0n) is 16.6. The molecule has 0 radical (unpaired) electrons. The Morgan fingerprint density at radius 2 is 1.93 bits per heavy atom. The number of hydroxylamine groups is 2. The molecule has 144 valence electrons. The number of hydrogen-bond acceptors (Lipinski definition) is 7. The van der Waals surface area contributed by atoms with Gasteiger partial charge in [0, 0.05) is 30.5 Å². The lowest BCUT2D eigenvalue weighted by atomic mass is 9.98. The third-order valence-electron chi connectivity index (χ3n) is 4.63. The van der Waals surface area contributed by atoms with Crippen molar-refractivity contribution in [1.82, 2.24) is 20.0 Å². The summed E-state index contributed by atoms with van der Waals surface area (Å²) in [6.45, 7) is 11.0. The molecule has 0 aliphatic carbocycles. The van der Waals surface area contributed by atoms with Crippen molar-refractivity contribution in [2.75, 3.05) is 18.4 Å². The van der Waals surface area contributed by atoms with Gasteiger partial charge in [0.05, 0.1) is 17.7 Å². The fraction of sp³-hybridized carbons (Fsp3) is 0.500. The molecule has 0 amide bonds. The van der Waals surface area contributed by atoms with E-state index in [0.717, 1.165) is 17.1 Å². The van der Waals surface area contributed by atoms with Crippen LogP contribution in [0.4, 0.5) is 5.82 Å². The lowest BCUT2D eigenvalue weighted by Crippen LogP contribution is -2.33. The minimum absolute atomic E-state index is 0.156. The summed E-state index contributed by atoms with van der Waals surface area (Å²) < 4.78 is 0. The number of aryl methyl sites for hydroxylation is 1. The maximum Gasteiger partial charge on any atom is 0.330 e. The van der Waals surface area contributed by atoms with Crippen LogP contribution in [0, 0.1) is 18.3 Å². The predicted octanol–water partition coefficient (Wildman–Crippen LogP) is 3.08. The van der Waals surface area contributed by atoms with Gasteiger partial charge in [-0.05, 0) is 51.8 Å². The Balaban J connectivity index is 1.65. The quantitative estimate of drug-likeness (QED) is 0.887. The Morgan fingerprint density at radius 1 is 1.22 bits per heavy atom. The molecule has 1 aliphatic heterocycles. The van der Waals surface area contributed by atoms with Crippen LogP contribution in [0.15, 0.2) is 30.6 Å². The van der Waals surface area contributed by atoms with Gasteiger partial charge in [0.2, 0.25) is 0 Å². The van der Waals surface area contributed by atoms with Crippen LogP contribution in [0.5, 0.6) is 0 Å². The maximum absolute atomic E-state index is 12.1. The molecule has 0 saturated carbocycles. The van der Waals surface area contributed by atoms with E-state index < -0.39 is 5.41 Å². The fourth-order valence-corrected chi connectivity index (χ4v) is 2.94. The van der Waals surface area contributed by atoms with Gasteiger partial charge >= 0.3 is 5.97 Å². The number of nitrogens with one attached hydrogen (secondary N) is 1. The number of pyridine rings is 1. The van der Waals surface area contributed by atoms with Gasteiger partial charge in [0.25, 0.3) is 0 Å². The number of aromatic nitrogens is 3. The highest BCUT2D eigenvalue weighted by molar-refractivity contribution is 5.75. The average Bonchev–Trinajstić information content (AvgIpc) is 2.94. The van der Waals surface area contributed by atoms with Crippen molar-refractivity contribution in [3.8, 4) is 11.4 Å². The topological polar surface area (TPSA) is 80.2 Å².